The Morgan fingerprint density at radius 1 is 1.12 bits per heavy atom. The molecular weight excluding hydrogens is 428 g/mol. The van der Waals surface area contributed by atoms with Gasteiger partial charge in [-0.05, 0) is 45.6 Å². The Labute approximate surface area is 202 Å². The SMILES string of the molecule is CCOC(=O)C1CCN(C(=O)c2cnc(-c3cccc(C)c3)nc2N(C)C2CCCCC2)CC1. The molecule has 7 nitrogen and oxygen atoms in total. The Balaban J connectivity index is 1.60. The van der Waals surface area contributed by atoms with Crippen LogP contribution in [0.4, 0.5) is 5.82 Å². The minimum absolute atomic E-state index is 0.0595. The highest BCUT2D eigenvalue weighted by atomic mass is 16.5. The third kappa shape index (κ3) is 5.40. The van der Waals surface area contributed by atoms with Gasteiger partial charge in [-0.25, -0.2) is 9.97 Å². The fraction of sp³-hybridized carbons (Fsp3) is 0.556. The standard InChI is InChI=1S/C27H36N4O3/c1-4-34-27(33)20-13-15-31(16-14-20)26(32)23-18-28-24(21-10-8-9-19(2)17-21)29-25(23)30(3)22-11-6-5-7-12-22/h8-10,17-18,20,22H,4-7,11-16H2,1-3H3. The number of ether oxygens (including phenoxy) is 1. The van der Waals surface area contributed by atoms with E-state index in [2.05, 4.69) is 36.0 Å². The van der Waals surface area contributed by atoms with Gasteiger partial charge in [-0.1, -0.05) is 43.0 Å². The van der Waals surface area contributed by atoms with E-state index in [1.54, 1.807) is 6.20 Å². The van der Waals surface area contributed by atoms with Crippen molar-refractivity contribution in [2.75, 3.05) is 31.6 Å². The number of esters is 1. The summed E-state index contributed by atoms with van der Waals surface area (Å²) in [6.07, 6.45) is 8.84. The monoisotopic (exact) mass is 464 g/mol. The van der Waals surface area contributed by atoms with Gasteiger partial charge in [-0.3, -0.25) is 9.59 Å². The summed E-state index contributed by atoms with van der Waals surface area (Å²) in [6.45, 7) is 5.33. The maximum Gasteiger partial charge on any atom is 0.309 e. The molecule has 34 heavy (non-hydrogen) atoms. The first-order chi connectivity index (χ1) is 16.5. The molecule has 1 amide bonds. The predicted octanol–water partition coefficient (Wildman–Crippen LogP) is 4.64. The average molecular weight is 465 g/mol. The van der Waals surface area contributed by atoms with E-state index in [1.165, 1.54) is 19.3 Å². The van der Waals surface area contributed by atoms with Crippen molar-refractivity contribution in [1.82, 2.24) is 14.9 Å². The summed E-state index contributed by atoms with van der Waals surface area (Å²) < 4.78 is 5.17. The zero-order chi connectivity index (χ0) is 24.1. The Morgan fingerprint density at radius 3 is 2.53 bits per heavy atom. The molecule has 0 radical (unpaired) electrons. The Bertz CT molecular complexity index is 1010. The van der Waals surface area contributed by atoms with Crippen LogP contribution >= 0.6 is 0 Å². The van der Waals surface area contributed by atoms with Crippen molar-refractivity contribution < 1.29 is 14.3 Å². The van der Waals surface area contributed by atoms with E-state index in [-0.39, 0.29) is 17.8 Å². The number of nitrogens with zero attached hydrogens (tertiary/aromatic N) is 4. The summed E-state index contributed by atoms with van der Waals surface area (Å²) in [5.41, 5.74) is 2.64. The van der Waals surface area contributed by atoms with Crippen LogP contribution in [0.2, 0.25) is 0 Å². The number of carbonyl (C=O) groups excluding carboxylic acids is 2. The summed E-state index contributed by atoms with van der Waals surface area (Å²) in [4.78, 5) is 39.3. The molecule has 1 aromatic carbocycles. The number of carbonyl (C=O) groups is 2. The van der Waals surface area contributed by atoms with Crippen LogP contribution in [-0.4, -0.2) is 59.5 Å². The third-order valence-electron chi connectivity index (χ3n) is 7.13. The highest BCUT2D eigenvalue weighted by Gasteiger charge is 2.31. The Kier molecular flexibility index (Phi) is 7.80. The first kappa shape index (κ1) is 24.2. The second kappa shape index (κ2) is 11.0. The van der Waals surface area contributed by atoms with Gasteiger partial charge >= 0.3 is 5.97 Å². The van der Waals surface area contributed by atoms with E-state index >= 15 is 0 Å². The number of likely N-dealkylation sites (tertiary alicyclic amines) is 1. The lowest BCUT2D eigenvalue weighted by molar-refractivity contribution is -0.149. The van der Waals surface area contributed by atoms with Crippen molar-refractivity contribution in [1.29, 1.82) is 0 Å². The Hall–Kier alpha value is -2.96. The lowest BCUT2D eigenvalue weighted by Gasteiger charge is -2.35. The number of rotatable bonds is 6. The molecule has 4 rings (SSSR count). The molecule has 0 atom stereocenters. The number of anilines is 1. The molecule has 2 heterocycles. The smallest absolute Gasteiger partial charge is 0.309 e. The number of piperidine rings is 1. The first-order valence-electron chi connectivity index (χ1n) is 12.6. The van der Waals surface area contributed by atoms with Crippen LogP contribution in [0.3, 0.4) is 0 Å². The maximum atomic E-state index is 13.6. The largest absolute Gasteiger partial charge is 0.466 e. The predicted molar refractivity (Wildman–Crippen MR) is 133 cm³/mol. The highest BCUT2D eigenvalue weighted by molar-refractivity contribution is 5.99. The zero-order valence-electron chi connectivity index (χ0n) is 20.6. The van der Waals surface area contributed by atoms with E-state index in [1.807, 2.05) is 24.0 Å². The quantitative estimate of drug-likeness (QED) is 0.580. The molecule has 2 fully saturated rings. The molecule has 7 heteroatoms. The lowest BCUT2D eigenvalue weighted by atomic mass is 9.94. The molecule has 0 unspecified atom stereocenters. The zero-order valence-corrected chi connectivity index (χ0v) is 20.6. The molecule has 1 aliphatic heterocycles. The van der Waals surface area contributed by atoms with Crippen LogP contribution < -0.4 is 4.90 Å². The number of benzene rings is 1. The molecule has 182 valence electrons. The van der Waals surface area contributed by atoms with Gasteiger partial charge in [0.05, 0.1) is 12.5 Å². The molecule has 1 aliphatic carbocycles. The molecular formula is C27H36N4O3. The average Bonchev–Trinajstić information content (AvgIpc) is 2.88. The minimum atomic E-state index is -0.154. The number of hydrogen-bond donors (Lipinski definition) is 0. The second-order valence-corrected chi connectivity index (χ2v) is 9.52. The highest BCUT2D eigenvalue weighted by Crippen LogP contribution is 2.30. The van der Waals surface area contributed by atoms with Gasteiger partial charge in [0.2, 0.25) is 0 Å². The van der Waals surface area contributed by atoms with E-state index < -0.39 is 0 Å². The van der Waals surface area contributed by atoms with Gasteiger partial charge in [0.1, 0.15) is 11.4 Å². The summed E-state index contributed by atoms with van der Waals surface area (Å²) in [6, 6.07) is 8.51. The molecule has 1 saturated carbocycles. The van der Waals surface area contributed by atoms with Crippen molar-refractivity contribution >= 4 is 17.7 Å². The van der Waals surface area contributed by atoms with E-state index in [0.29, 0.717) is 55.8 Å². The fourth-order valence-corrected chi connectivity index (χ4v) is 5.11. The van der Waals surface area contributed by atoms with Crippen LogP contribution in [-0.2, 0) is 9.53 Å². The number of amides is 1. The van der Waals surface area contributed by atoms with E-state index in [0.717, 1.165) is 24.0 Å². The van der Waals surface area contributed by atoms with Gasteiger partial charge in [0.25, 0.3) is 5.91 Å². The van der Waals surface area contributed by atoms with Crippen LogP contribution in [0.25, 0.3) is 11.4 Å². The topological polar surface area (TPSA) is 75.6 Å². The van der Waals surface area contributed by atoms with Gasteiger partial charge in [-0.15, -0.1) is 0 Å². The van der Waals surface area contributed by atoms with Crippen LogP contribution in [0.1, 0.15) is 67.8 Å². The first-order valence-corrected chi connectivity index (χ1v) is 12.6. The van der Waals surface area contributed by atoms with Crippen molar-refractivity contribution in [2.45, 2.75) is 64.8 Å². The van der Waals surface area contributed by atoms with E-state index in [9.17, 15) is 9.59 Å². The lowest BCUT2D eigenvalue weighted by Crippen LogP contribution is -2.42. The number of hydrogen-bond acceptors (Lipinski definition) is 6. The van der Waals surface area contributed by atoms with Crippen molar-refractivity contribution in [3.63, 3.8) is 0 Å². The Morgan fingerprint density at radius 2 is 1.85 bits per heavy atom. The van der Waals surface area contributed by atoms with Gasteiger partial charge in [0.15, 0.2) is 5.82 Å². The minimum Gasteiger partial charge on any atom is -0.466 e. The van der Waals surface area contributed by atoms with Crippen LogP contribution in [0, 0.1) is 12.8 Å². The summed E-state index contributed by atoms with van der Waals surface area (Å²) in [5, 5.41) is 0. The fourth-order valence-electron chi connectivity index (χ4n) is 5.11. The van der Waals surface area contributed by atoms with Crippen molar-refractivity contribution in [2.24, 2.45) is 5.92 Å². The van der Waals surface area contributed by atoms with Gasteiger partial charge < -0.3 is 14.5 Å². The van der Waals surface area contributed by atoms with Gasteiger partial charge in [0, 0.05) is 37.9 Å². The summed E-state index contributed by atoms with van der Waals surface area (Å²) in [5.74, 6) is 0.997. The molecule has 2 aliphatic rings. The van der Waals surface area contributed by atoms with E-state index in [4.69, 9.17) is 9.72 Å². The molecule has 1 saturated heterocycles. The molecule has 2 aromatic rings. The second-order valence-electron chi connectivity index (χ2n) is 9.52. The van der Waals surface area contributed by atoms with Crippen molar-refractivity contribution in [3.05, 3.63) is 41.6 Å². The van der Waals surface area contributed by atoms with Gasteiger partial charge in [-0.2, -0.15) is 0 Å². The number of aromatic nitrogens is 2. The molecule has 0 bridgehead atoms. The summed E-state index contributed by atoms with van der Waals surface area (Å²) >= 11 is 0. The normalized spacial score (nSPS) is 17.4. The molecule has 0 spiro atoms. The van der Waals surface area contributed by atoms with Crippen LogP contribution in [0.15, 0.2) is 30.5 Å². The van der Waals surface area contributed by atoms with Crippen LogP contribution in [0.5, 0.6) is 0 Å². The van der Waals surface area contributed by atoms with Crippen molar-refractivity contribution in [3.8, 4) is 11.4 Å². The third-order valence-corrected chi connectivity index (χ3v) is 7.13. The number of aryl methyl sites for hydroxylation is 1. The summed E-state index contributed by atoms with van der Waals surface area (Å²) in [7, 11) is 2.06. The molecule has 0 N–H and O–H groups in total. The maximum absolute atomic E-state index is 13.6. The molecule has 1 aromatic heterocycles.